The number of nitro groups is 1. The molecule has 6 nitrogen and oxygen atoms in total. The molecule has 0 amide bonds. The second-order valence-corrected chi connectivity index (χ2v) is 4.59. The molecule has 0 bridgehead atoms. The Hall–Kier alpha value is -0.890. The van der Waals surface area contributed by atoms with Crippen LogP contribution in [0.5, 0.6) is 0 Å². The summed E-state index contributed by atoms with van der Waals surface area (Å²) in [6, 6.07) is 1.65. The van der Waals surface area contributed by atoms with Gasteiger partial charge in [-0.05, 0) is 6.07 Å². The first kappa shape index (κ1) is 12.2. The van der Waals surface area contributed by atoms with Gasteiger partial charge in [0.2, 0.25) is 0 Å². The van der Waals surface area contributed by atoms with Gasteiger partial charge in [0.15, 0.2) is 0 Å². The number of rotatable bonds is 2. The third-order valence-corrected chi connectivity index (χ3v) is 3.38. The van der Waals surface area contributed by atoms with Gasteiger partial charge in [-0.2, -0.15) is 8.42 Å². The minimum absolute atomic E-state index is 0.531. The highest BCUT2D eigenvalue weighted by atomic mass is 35.5. The second kappa shape index (κ2) is 3.93. The van der Waals surface area contributed by atoms with Gasteiger partial charge in [0, 0.05) is 6.07 Å². The van der Waals surface area contributed by atoms with Crippen molar-refractivity contribution in [2.24, 2.45) is 0 Å². The van der Waals surface area contributed by atoms with E-state index in [-0.39, 0.29) is 0 Å². The lowest BCUT2D eigenvalue weighted by atomic mass is 10.3. The molecule has 9 heteroatoms. The van der Waals surface area contributed by atoms with Gasteiger partial charge in [0.25, 0.3) is 15.8 Å². The SMILES string of the molecule is O=[N+]([O-])c1ccc(S(=O)(=O)O)c(Cl)c1Cl. The minimum Gasteiger partial charge on any atom is -0.282 e. The van der Waals surface area contributed by atoms with Crippen LogP contribution in [-0.2, 0) is 10.1 Å². The number of hydrogen-bond donors (Lipinski definition) is 1. The maximum atomic E-state index is 10.7. The van der Waals surface area contributed by atoms with Crippen molar-refractivity contribution in [2.75, 3.05) is 0 Å². The zero-order chi connectivity index (χ0) is 11.8. The first-order valence-corrected chi connectivity index (χ1v) is 5.54. The fourth-order valence-electron chi connectivity index (χ4n) is 0.862. The topological polar surface area (TPSA) is 97.5 Å². The van der Waals surface area contributed by atoms with Gasteiger partial charge in [-0.25, -0.2) is 0 Å². The smallest absolute Gasteiger partial charge is 0.282 e. The molecule has 0 saturated carbocycles. The number of hydrogen-bond acceptors (Lipinski definition) is 4. The van der Waals surface area contributed by atoms with E-state index in [0.29, 0.717) is 0 Å². The van der Waals surface area contributed by atoms with Crippen molar-refractivity contribution >= 4 is 39.0 Å². The van der Waals surface area contributed by atoms with Crippen LogP contribution in [0.4, 0.5) is 5.69 Å². The highest BCUT2D eigenvalue weighted by Gasteiger charge is 2.23. The summed E-state index contributed by atoms with van der Waals surface area (Å²) in [6.45, 7) is 0. The molecule has 82 valence electrons. The van der Waals surface area contributed by atoms with E-state index in [1.165, 1.54) is 0 Å². The largest absolute Gasteiger partial charge is 0.296 e. The Morgan fingerprint density at radius 1 is 1.27 bits per heavy atom. The molecule has 0 aliphatic rings. The summed E-state index contributed by atoms with van der Waals surface area (Å²) in [6.07, 6.45) is 0. The minimum atomic E-state index is -4.54. The van der Waals surface area contributed by atoms with Crippen LogP contribution in [0.25, 0.3) is 0 Å². The monoisotopic (exact) mass is 271 g/mol. The lowest BCUT2D eigenvalue weighted by Crippen LogP contribution is -2.00. The van der Waals surface area contributed by atoms with E-state index in [4.69, 9.17) is 27.8 Å². The average Bonchev–Trinajstić information content (AvgIpc) is 2.06. The van der Waals surface area contributed by atoms with E-state index >= 15 is 0 Å². The average molecular weight is 272 g/mol. The Balaban J connectivity index is 3.55. The summed E-state index contributed by atoms with van der Waals surface area (Å²) in [4.78, 5) is 8.90. The Labute approximate surface area is 94.3 Å². The Kier molecular flexibility index (Phi) is 3.19. The normalized spacial score (nSPS) is 11.4. The fourth-order valence-corrected chi connectivity index (χ4v) is 2.17. The van der Waals surface area contributed by atoms with Crippen LogP contribution >= 0.6 is 23.2 Å². The third-order valence-electron chi connectivity index (χ3n) is 1.50. The quantitative estimate of drug-likeness (QED) is 0.505. The molecular formula is C6H3Cl2NO5S. The van der Waals surface area contributed by atoms with Crippen molar-refractivity contribution < 1.29 is 17.9 Å². The zero-order valence-electron chi connectivity index (χ0n) is 6.85. The summed E-state index contributed by atoms with van der Waals surface area (Å²) in [7, 11) is -4.54. The standard InChI is InChI=1S/C6H3Cl2NO5S/c7-5-3(9(10)11)1-2-4(6(5)8)15(12,13)14/h1-2H,(H,12,13,14). The highest BCUT2D eigenvalue weighted by molar-refractivity contribution is 7.86. The van der Waals surface area contributed by atoms with E-state index in [1.807, 2.05) is 0 Å². The van der Waals surface area contributed by atoms with Gasteiger partial charge in [0.1, 0.15) is 9.92 Å². The molecule has 0 aliphatic heterocycles. The van der Waals surface area contributed by atoms with Gasteiger partial charge in [0.05, 0.1) is 9.95 Å². The highest BCUT2D eigenvalue weighted by Crippen LogP contribution is 2.36. The van der Waals surface area contributed by atoms with Crippen molar-refractivity contribution in [3.8, 4) is 0 Å². The number of benzene rings is 1. The van der Waals surface area contributed by atoms with Crippen LogP contribution < -0.4 is 0 Å². The first-order chi connectivity index (χ1) is 6.75. The van der Waals surface area contributed by atoms with Crippen molar-refractivity contribution in [2.45, 2.75) is 4.90 Å². The molecule has 0 saturated heterocycles. The molecule has 15 heavy (non-hydrogen) atoms. The predicted molar refractivity (Wildman–Crippen MR) is 52.9 cm³/mol. The summed E-state index contributed by atoms with van der Waals surface area (Å²) < 4.78 is 30.1. The summed E-state index contributed by atoms with van der Waals surface area (Å²) in [5, 5.41) is 9.28. The number of nitrogens with zero attached hydrogens (tertiary/aromatic N) is 1. The van der Waals surface area contributed by atoms with E-state index in [1.54, 1.807) is 0 Å². The van der Waals surface area contributed by atoms with Gasteiger partial charge >= 0.3 is 0 Å². The molecule has 0 atom stereocenters. The van der Waals surface area contributed by atoms with Crippen LogP contribution in [0, 0.1) is 10.1 Å². The lowest BCUT2D eigenvalue weighted by Gasteiger charge is -2.02. The molecule has 0 unspecified atom stereocenters. The lowest BCUT2D eigenvalue weighted by molar-refractivity contribution is -0.384. The van der Waals surface area contributed by atoms with E-state index in [2.05, 4.69) is 0 Å². The Morgan fingerprint density at radius 3 is 2.20 bits per heavy atom. The molecule has 1 N–H and O–H groups in total. The molecular weight excluding hydrogens is 269 g/mol. The van der Waals surface area contributed by atoms with Gasteiger partial charge in [-0.15, -0.1) is 0 Å². The molecule has 0 heterocycles. The van der Waals surface area contributed by atoms with Gasteiger partial charge < -0.3 is 0 Å². The van der Waals surface area contributed by atoms with E-state index in [0.717, 1.165) is 12.1 Å². The molecule has 0 radical (unpaired) electrons. The molecule has 0 fully saturated rings. The van der Waals surface area contributed by atoms with Crippen LogP contribution in [0.2, 0.25) is 10.0 Å². The third kappa shape index (κ3) is 2.37. The van der Waals surface area contributed by atoms with Crippen molar-refractivity contribution in [1.82, 2.24) is 0 Å². The number of halogens is 2. The summed E-state index contributed by atoms with van der Waals surface area (Å²) in [5.41, 5.74) is -0.533. The molecule has 0 aromatic heterocycles. The van der Waals surface area contributed by atoms with Crippen LogP contribution in [0.15, 0.2) is 17.0 Å². The van der Waals surface area contributed by atoms with Crippen LogP contribution in [0.3, 0.4) is 0 Å². The maximum absolute atomic E-state index is 10.7. The predicted octanol–water partition coefficient (Wildman–Crippen LogP) is 2.15. The fraction of sp³-hybridized carbons (Fsp3) is 0. The van der Waals surface area contributed by atoms with E-state index < -0.39 is 35.7 Å². The van der Waals surface area contributed by atoms with Crippen molar-refractivity contribution in [3.05, 3.63) is 32.3 Å². The first-order valence-electron chi connectivity index (χ1n) is 3.35. The van der Waals surface area contributed by atoms with Gasteiger partial charge in [-0.3, -0.25) is 14.7 Å². The molecule has 1 aromatic rings. The molecule has 1 rings (SSSR count). The maximum Gasteiger partial charge on any atom is 0.296 e. The van der Waals surface area contributed by atoms with E-state index in [9.17, 15) is 18.5 Å². The molecule has 0 aliphatic carbocycles. The van der Waals surface area contributed by atoms with Crippen LogP contribution in [-0.4, -0.2) is 17.9 Å². The second-order valence-electron chi connectivity index (χ2n) is 2.44. The zero-order valence-corrected chi connectivity index (χ0v) is 9.17. The van der Waals surface area contributed by atoms with Crippen molar-refractivity contribution in [1.29, 1.82) is 0 Å². The molecule has 0 spiro atoms. The summed E-state index contributed by atoms with van der Waals surface area (Å²) in [5.74, 6) is 0. The number of nitro benzene ring substituents is 1. The van der Waals surface area contributed by atoms with Crippen molar-refractivity contribution in [3.63, 3.8) is 0 Å². The molecule has 1 aromatic carbocycles. The Morgan fingerprint density at radius 2 is 1.80 bits per heavy atom. The van der Waals surface area contributed by atoms with Crippen LogP contribution in [0.1, 0.15) is 0 Å². The summed E-state index contributed by atoms with van der Waals surface area (Å²) >= 11 is 10.9. The van der Waals surface area contributed by atoms with Gasteiger partial charge in [-0.1, -0.05) is 23.2 Å². The Bertz CT molecular complexity index is 527.